The number of fused-ring (bicyclic) bond motifs is 5. The van der Waals surface area contributed by atoms with Gasteiger partial charge in [0.15, 0.2) is 11.6 Å². The van der Waals surface area contributed by atoms with Crippen LogP contribution in [0.4, 0.5) is 0 Å². The van der Waals surface area contributed by atoms with Gasteiger partial charge in [0.05, 0.1) is 11.5 Å². The minimum Gasteiger partial charge on any atom is -0.432 e. The average Bonchev–Trinajstić information content (AvgIpc) is 2.94. The Morgan fingerprint density at radius 3 is 2.69 bits per heavy atom. The van der Waals surface area contributed by atoms with Gasteiger partial charge in [-0.2, -0.15) is 0 Å². The first-order chi connectivity index (χ1) is 13.6. The Balaban J connectivity index is 1.78. The summed E-state index contributed by atoms with van der Waals surface area (Å²) in [4.78, 5) is 35.7. The highest BCUT2D eigenvalue weighted by Crippen LogP contribution is 2.68. The Kier molecular flexibility index (Phi) is 4.64. The number of rotatable bonds is 4. The lowest BCUT2D eigenvalue weighted by molar-refractivity contribution is -0.181. The summed E-state index contributed by atoms with van der Waals surface area (Å²) in [6.45, 7) is 3.33. The smallest absolute Gasteiger partial charge is 0.298 e. The molecular formula is C22H28O7. The summed E-state index contributed by atoms with van der Waals surface area (Å²) in [7, 11) is 0. The summed E-state index contributed by atoms with van der Waals surface area (Å²) >= 11 is 0. The van der Waals surface area contributed by atoms with E-state index in [2.05, 4.69) is 0 Å². The van der Waals surface area contributed by atoms with Crippen LogP contribution < -0.4 is 0 Å². The van der Waals surface area contributed by atoms with Gasteiger partial charge in [0.2, 0.25) is 0 Å². The van der Waals surface area contributed by atoms with Crippen molar-refractivity contribution in [2.24, 2.45) is 28.6 Å². The lowest BCUT2D eigenvalue weighted by atomic mass is 9.46. The van der Waals surface area contributed by atoms with Crippen molar-refractivity contribution in [1.29, 1.82) is 0 Å². The summed E-state index contributed by atoms with van der Waals surface area (Å²) in [6, 6.07) is 0. The zero-order valence-corrected chi connectivity index (χ0v) is 16.8. The number of hydrogen-bond donors (Lipinski definition) is 3. The molecule has 158 valence electrons. The predicted molar refractivity (Wildman–Crippen MR) is 101 cm³/mol. The second-order valence-corrected chi connectivity index (χ2v) is 9.50. The maximum Gasteiger partial charge on any atom is 0.298 e. The molecule has 7 atom stereocenters. The Labute approximate surface area is 169 Å². The van der Waals surface area contributed by atoms with Gasteiger partial charge in [0, 0.05) is 17.4 Å². The summed E-state index contributed by atoms with van der Waals surface area (Å²) in [5.41, 5.74) is -2.44. The average molecular weight is 404 g/mol. The van der Waals surface area contributed by atoms with Gasteiger partial charge >= 0.3 is 0 Å². The number of ether oxygens (including phenoxy) is 1. The van der Waals surface area contributed by atoms with Gasteiger partial charge in [0.25, 0.3) is 6.47 Å². The lowest BCUT2D eigenvalue weighted by Gasteiger charge is -2.60. The Morgan fingerprint density at radius 2 is 2.03 bits per heavy atom. The molecule has 0 aromatic heterocycles. The molecule has 0 amide bonds. The summed E-state index contributed by atoms with van der Waals surface area (Å²) in [5.74, 6) is -0.905. The van der Waals surface area contributed by atoms with Crippen LogP contribution >= 0.6 is 0 Å². The maximum absolute atomic E-state index is 12.4. The molecule has 0 heterocycles. The van der Waals surface area contributed by atoms with E-state index in [-0.39, 0.29) is 42.1 Å². The standard InChI is InChI=1S/C22H28O7/c1-20-9-16(26)19-14(15(20)5-6-22(20,28)17(27)10-23)4-3-12-7-13(25)8-18(29-11-24)21(12,19)2/h7-8,11,14-16,19,23,26,28H,3-6,9-10H2,1-2H3/t14-,15-,16-,19+,20-,21+,22-/m0/s1. The van der Waals surface area contributed by atoms with Crippen molar-refractivity contribution < 1.29 is 34.4 Å². The molecule has 3 N–H and O–H groups in total. The normalized spacial score (nSPS) is 46.0. The molecule has 0 aliphatic heterocycles. The fourth-order valence-corrected chi connectivity index (χ4v) is 7.20. The highest BCUT2D eigenvalue weighted by molar-refractivity contribution is 6.02. The van der Waals surface area contributed by atoms with E-state index in [1.54, 1.807) is 6.08 Å². The topological polar surface area (TPSA) is 121 Å². The molecule has 4 rings (SSSR count). The van der Waals surface area contributed by atoms with Crippen molar-refractivity contribution in [1.82, 2.24) is 0 Å². The third-order valence-electron chi connectivity index (χ3n) is 8.57. The molecule has 0 bridgehead atoms. The second kappa shape index (κ2) is 6.59. The summed E-state index contributed by atoms with van der Waals surface area (Å²) in [6.07, 6.45) is 4.45. The van der Waals surface area contributed by atoms with Crippen molar-refractivity contribution in [3.8, 4) is 0 Å². The van der Waals surface area contributed by atoms with Crippen LogP contribution in [0, 0.1) is 28.6 Å². The molecular weight excluding hydrogens is 376 g/mol. The molecule has 0 saturated heterocycles. The first-order valence-electron chi connectivity index (χ1n) is 10.3. The molecule has 7 nitrogen and oxygen atoms in total. The van der Waals surface area contributed by atoms with Gasteiger partial charge in [-0.05, 0) is 56.9 Å². The maximum atomic E-state index is 12.4. The first-order valence-corrected chi connectivity index (χ1v) is 10.3. The van der Waals surface area contributed by atoms with Crippen molar-refractivity contribution in [2.45, 2.75) is 57.7 Å². The predicted octanol–water partition coefficient (Wildman–Crippen LogP) is 1.06. The van der Waals surface area contributed by atoms with E-state index in [4.69, 9.17) is 4.74 Å². The monoisotopic (exact) mass is 404 g/mol. The number of carbonyl (C=O) groups excluding carboxylic acids is 3. The van der Waals surface area contributed by atoms with Gasteiger partial charge < -0.3 is 20.1 Å². The van der Waals surface area contributed by atoms with E-state index >= 15 is 0 Å². The molecule has 4 aliphatic carbocycles. The highest BCUT2D eigenvalue weighted by atomic mass is 16.5. The molecule has 0 aromatic rings. The van der Waals surface area contributed by atoms with Gasteiger partial charge in [0.1, 0.15) is 18.0 Å². The SMILES string of the molecule is C[C@@]12C(=CC(=O)C=C1OC=O)CC[C@@H]1[C@@H]2[C@@H](O)C[C@@]2(C)[C@H]1CC[C@]2(O)C(=O)CO. The van der Waals surface area contributed by atoms with Crippen LogP contribution in [0.2, 0.25) is 0 Å². The van der Waals surface area contributed by atoms with Gasteiger partial charge in [-0.1, -0.05) is 12.5 Å². The number of Topliss-reactive ketones (excluding diaryl/α,β-unsaturated/α-hetero) is 1. The van der Waals surface area contributed by atoms with Crippen molar-refractivity contribution in [2.75, 3.05) is 6.61 Å². The van der Waals surface area contributed by atoms with E-state index in [0.29, 0.717) is 25.7 Å². The Morgan fingerprint density at radius 1 is 1.31 bits per heavy atom. The molecule has 7 heteroatoms. The first kappa shape index (κ1) is 20.4. The number of allylic oxidation sites excluding steroid dienone is 3. The van der Waals surface area contributed by atoms with Crippen LogP contribution in [0.5, 0.6) is 0 Å². The number of aliphatic hydroxyl groups excluding tert-OH is 2. The molecule has 0 unspecified atom stereocenters. The molecule has 29 heavy (non-hydrogen) atoms. The van der Waals surface area contributed by atoms with E-state index in [9.17, 15) is 29.7 Å². The van der Waals surface area contributed by atoms with Crippen LogP contribution in [-0.4, -0.2) is 51.7 Å². The number of carbonyl (C=O) groups is 3. The molecule has 3 saturated carbocycles. The minimum atomic E-state index is -1.66. The van der Waals surface area contributed by atoms with Crippen LogP contribution in [-0.2, 0) is 19.1 Å². The van der Waals surface area contributed by atoms with Gasteiger partial charge in [-0.3, -0.25) is 14.4 Å². The Bertz CT molecular complexity index is 829. The lowest BCUT2D eigenvalue weighted by Crippen LogP contribution is -2.62. The minimum absolute atomic E-state index is 0.0155. The van der Waals surface area contributed by atoms with E-state index in [1.807, 2.05) is 13.8 Å². The van der Waals surface area contributed by atoms with Crippen LogP contribution in [0.3, 0.4) is 0 Å². The van der Waals surface area contributed by atoms with E-state index in [0.717, 1.165) is 5.57 Å². The van der Waals surface area contributed by atoms with E-state index < -0.39 is 34.9 Å². The van der Waals surface area contributed by atoms with Crippen LogP contribution in [0.15, 0.2) is 23.5 Å². The van der Waals surface area contributed by atoms with Crippen molar-refractivity contribution in [3.63, 3.8) is 0 Å². The third-order valence-corrected chi connectivity index (χ3v) is 8.57. The summed E-state index contributed by atoms with van der Waals surface area (Å²) in [5, 5.41) is 31.9. The van der Waals surface area contributed by atoms with Crippen LogP contribution in [0.25, 0.3) is 0 Å². The molecule has 0 aromatic carbocycles. The summed E-state index contributed by atoms with van der Waals surface area (Å²) < 4.78 is 5.23. The van der Waals surface area contributed by atoms with Crippen LogP contribution in [0.1, 0.15) is 46.0 Å². The highest BCUT2D eigenvalue weighted by Gasteiger charge is 2.68. The number of hydrogen-bond acceptors (Lipinski definition) is 7. The second-order valence-electron chi connectivity index (χ2n) is 9.50. The largest absolute Gasteiger partial charge is 0.432 e. The third kappa shape index (κ3) is 2.50. The van der Waals surface area contributed by atoms with Gasteiger partial charge in [-0.25, -0.2) is 0 Å². The van der Waals surface area contributed by atoms with Crippen molar-refractivity contribution >= 4 is 18.0 Å². The Hall–Kier alpha value is -1.83. The molecule has 4 aliphatic rings. The quantitative estimate of drug-likeness (QED) is 0.599. The number of aliphatic hydroxyl groups is 3. The fraction of sp³-hybridized carbons (Fsp3) is 0.682. The van der Waals surface area contributed by atoms with Gasteiger partial charge in [-0.15, -0.1) is 0 Å². The van der Waals surface area contributed by atoms with Crippen molar-refractivity contribution in [3.05, 3.63) is 23.5 Å². The van der Waals surface area contributed by atoms with E-state index in [1.165, 1.54) is 6.08 Å². The zero-order valence-electron chi connectivity index (χ0n) is 16.8. The molecule has 3 fully saturated rings. The fourth-order valence-electron chi connectivity index (χ4n) is 7.20. The molecule has 0 spiro atoms. The zero-order chi connectivity index (χ0) is 21.2. The molecule has 0 radical (unpaired) electrons. The number of ketones is 2.